The van der Waals surface area contributed by atoms with E-state index in [1.807, 2.05) is 17.3 Å². The molecule has 0 saturated carbocycles. The summed E-state index contributed by atoms with van der Waals surface area (Å²) >= 11 is 1.59. The molecule has 0 bridgehead atoms. The van der Waals surface area contributed by atoms with E-state index in [0.717, 1.165) is 30.5 Å². The predicted octanol–water partition coefficient (Wildman–Crippen LogP) is 0.240. The molecule has 0 spiro atoms. The van der Waals surface area contributed by atoms with Gasteiger partial charge >= 0.3 is 0 Å². The summed E-state index contributed by atoms with van der Waals surface area (Å²) in [5, 5.41) is 16.3. The van der Waals surface area contributed by atoms with E-state index in [1.165, 1.54) is 0 Å². The summed E-state index contributed by atoms with van der Waals surface area (Å²) in [5.74, 6) is 1.00. The second-order valence-electron chi connectivity index (χ2n) is 5.51. The van der Waals surface area contributed by atoms with Gasteiger partial charge in [0, 0.05) is 51.3 Å². The molecule has 4 N–H and O–H groups in total. The van der Waals surface area contributed by atoms with E-state index in [9.17, 15) is 5.11 Å². The molecule has 3 heterocycles. The molecule has 0 amide bonds. The number of nitrogens with one attached hydrogen (secondary N) is 1. The molecule has 9 heteroatoms. The van der Waals surface area contributed by atoms with E-state index in [1.54, 1.807) is 23.6 Å². The minimum Gasteiger partial charge on any atom is -0.390 e. The topological polar surface area (TPSA) is 103 Å². The number of nitrogens with zero attached hydrogens (tertiary/aromatic N) is 5. The van der Waals surface area contributed by atoms with Crippen molar-refractivity contribution in [2.24, 2.45) is 0 Å². The van der Waals surface area contributed by atoms with Gasteiger partial charge in [0.25, 0.3) is 0 Å². The van der Waals surface area contributed by atoms with Crippen LogP contribution < -0.4 is 16.0 Å². The van der Waals surface area contributed by atoms with Crippen LogP contribution in [0, 0.1) is 0 Å². The van der Waals surface area contributed by atoms with Crippen LogP contribution in [0.5, 0.6) is 0 Å². The van der Waals surface area contributed by atoms with E-state index < -0.39 is 6.10 Å². The Labute approximate surface area is 139 Å². The zero-order chi connectivity index (χ0) is 16.2. The second-order valence-corrected chi connectivity index (χ2v) is 6.37. The lowest BCUT2D eigenvalue weighted by atomic mass is 10.3. The van der Waals surface area contributed by atoms with Crippen LogP contribution >= 0.6 is 11.3 Å². The quantitative estimate of drug-likeness (QED) is 0.730. The lowest BCUT2D eigenvalue weighted by Gasteiger charge is -2.21. The highest BCUT2D eigenvalue weighted by Gasteiger charge is 2.23. The highest BCUT2D eigenvalue weighted by Crippen LogP contribution is 2.18. The Morgan fingerprint density at radius 1 is 1.39 bits per heavy atom. The molecule has 0 aromatic carbocycles. The molecule has 0 aliphatic carbocycles. The Morgan fingerprint density at radius 3 is 3.00 bits per heavy atom. The SMILES string of the molecule is CNc1nc(CN2CCN(c3nccc(N)n3)CC(O)C2)cs1. The molecule has 0 radical (unpaired) electrons. The van der Waals surface area contributed by atoms with Crippen molar-refractivity contribution in [3.05, 3.63) is 23.3 Å². The molecule has 1 aliphatic rings. The van der Waals surface area contributed by atoms with Crippen molar-refractivity contribution >= 4 is 28.2 Å². The molecule has 3 rings (SSSR count). The van der Waals surface area contributed by atoms with Crippen LogP contribution in [-0.2, 0) is 6.54 Å². The van der Waals surface area contributed by atoms with Crippen molar-refractivity contribution in [2.45, 2.75) is 12.6 Å². The largest absolute Gasteiger partial charge is 0.390 e. The fraction of sp³-hybridized carbons (Fsp3) is 0.500. The van der Waals surface area contributed by atoms with Gasteiger partial charge in [-0.3, -0.25) is 4.90 Å². The number of thiazole rings is 1. The van der Waals surface area contributed by atoms with Gasteiger partial charge in [0.15, 0.2) is 5.13 Å². The first kappa shape index (κ1) is 15.9. The maximum absolute atomic E-state index is 10.3. The van der Waals surface area contributed by atoms with Crippen molar-refractivity contribution in [1.82, 2.24) is 19.9 Å². The van der Waals surface area contributed by atoms with E-state index in [2.05, 4.69) is 25.2 Å². The third kappa shape index (κ3) is 4.06. The average Bonchev–Trinajstić information content (AvgIpc) is 2.90. The fourth-order valence-corrected chi connectivity index (χ4v) is 3.28. The number of aliphatic hydroxyl groups is 1. The molecule has 1 fully saturated rings. The van der Waals surface area contributed by atoms with Crippen molar-refractivity contribution in [1.29, 1.82) is 0 Å². The standard InChI is InChI=1S/C14H21N7OS/c1-16-14-18-10(9-23-14)6-20-4-5-21(8-11(22)7-20)13-17-3-2-12(15)19-13/h2-3,9,11,22H,4-8H2,1H3,(H,16,18)(H2,15,17,19). The van der Waals surface area contributed by atoms with Crippen LogP contribution in [-0.4, -0.2) is 64.3 Å². The number of rotatable bonds is 4. The number of β-amino-alcohol motifs (C(OH)–C–C–N with tert-alkyl or cyclic N) is 1. The zero-order valence-electron chi connectivity index (χ0n) is 13.0. The Bertz CT molecular complexity index is 650. The fourth-order valence-electron chi connectivity index (χ4n) is 2.62. The van der Waals surface area contributed by atoms with Crippen LogP contribution in [0.1, 0.15) is 5.69 Å². The predicted molar refractivity (Wildman–Crippen MR) is 91.6 cm³/mol. The Balaban J connectivity index is 1.65. The highest BCUT2D eigenvalue weighted by atomic mass is 32.1. The van der Waals surface area contributed by atoms with Crippen molar-refractivity contribution in [3.63, 3.8) is 0 Å². The Hall–Kier alpha value is -1.97. The molecule has 23 heavy (non-hydrogen) atoms. The van der Waals surface area contributed by atoms with Crippen LogP contribution in [0.2, 0.25) is 0 Å². The van der Waals surface area contributed by atoms with Crippen LogP contribution in [0.4, 0.5) is 16.9 Å². The normalized spacial score (nSPS) is 19.6. The van der Waals surface area contributed by atoms with E-state index in [0.29, 0.717) is 24.9 Å². The first-order valence-corrected chi connectivity index (χ1v) is 8.38. The number of nitrogen functional groups attached to an aromatic ring is 1. The number of hydrogen-bond acceptors (Lipinski definition) is 9. The molecule has 2 aromatic rings. The summed E-state index contributed by atoms with van der Waals surface area (Å²) < 4.78 is 0. The third-order valence-electron chi connectivity index (χ3n) is 3.68. The first-order chi connectivity index (χ1) is 11.1. The average molecular weight is 335 g/mol. The summed E-state index contributed by atoms with van der Waals surface area (Å²) in [4.78, 5) is 17.2. The van der Waals surface area contributed by atoms with E-state index in [4.69, 9.17) is 5.73 Å². The van der Waals surface area contributed by atoms with Gasteiger partial charge in [-0.15, -0.1) is 11.3 Å². The second kappa shape index (κ2) is 7.07. The molecule has 2 aromatic heterocycles. The minimum absolute atomic E-state index is 0.438. The number of anilines is 3. The van der Waals surface area contributed by atoms with Gasteiger partial charge in [0.1, 0.15) is 5.82 Å². The molecular weight excluding hydrogens is 314 g/mol. The molecule has 1 saturated heterocycles. The highest BCUT2D eigenvalue weighted by molar-refractivity contribution is 7.13. The van der Waals surface area contributed by atoms with E-state index in [-0.39, 0.29) is 0 Å². The van der Waals surface area contributed by atoms with Crippen LogP contribution in [0.25, 0.3) is 0 Å². The maximum Gasteiger partial charge on any atom is 0.227 e. The Morgan fingerprint density at radius 2 is 2.26 bits per heavy atom. The first-order valence-electron chi connectivity index (χ1n) is 7.50. The minimum atomic E-state index is -0.468. The molecule has 1 unspecified atom stereocenters. The Kier molecular flexibility index (Phi) is 4.89. The number of aliphatic hydroxyl groups excluding tert-OH is 1. The molecule has 8 nitrogen and oxygen atoms in total. The van der Waals surface area contributed by atoms with E-state index >= 15 is 0 Å². The van der Waals surface area contributed by atoms with Gasteiger partial charge < -0.3 is 21.1 Å². The summed E-state index contributed by atoms with van der Waals surface area (Å²) in [7, 11) is 1.86. The number of hydrogen-bond donors (Lipinski definition) is 3. The third-order valence-corrected chi connectivity index (χ3v) is 4.59. The van der Waals surface area contributed by atoms with Crippen molar-refractivity contribution in [3.8, 4) is 0 Å². The molecule has 1 atom stereocenters. The van der Waals surface area contributed by atoms with Crippen LogP contribution in [0.15, 0.2) is 17.6 Å². The zero-order valence-corrected chi connectivity index (χ0v) is 13.8. The van der Waals surface area contributed by atoms with Gasteiger partial charge in [-0.1, -0.05) is 0 Å². The van der Waals surface area contributed by atoms with Gasteiger partial charge in [-0.25, -0.2) is 9.97 Å². The summed E-state index contributed by atoms with van der Waals surface area (Å²) in [6, 6.07) is 1.66. The molecule has 1 aliphatic heterocycles. The lowest BCUT2D eigenvalue weighted by molar-refractivity contribution is 0.128. The van der Waals surface area contributed by atoms with Gasteiger partial charge in [-0.05, 0) is 6.07 Å². The number of nitrogens with two attached hydrogens (primary N) is 1. The van der Waals surface area contributed by atoms with Crippen LogP contribution in [0.3, 0.4) is 0 Å². The monoisotopic (exact) mass is 335 g/mol. The molecule has 124 valence electrons. The van der Waals surface area contributed by atoms with Gasteiger partial charge in [0.05, 0.1) is 11.8 Å². The summed E-state index contributed by atoms with van der Waals surface area (Å²) in [5.41, 5.74) is 6.73. The lowest BCUT2D eigenvalue weighted by Crippen LogP contribution is -2.34. The maximum atomic E-state index is 10.3. The number of aromatic nitrogens is 3. The summed E-state index contributed by atoms with van der Waals surface area (Å²) in [6.45, 7) is 3.37. The smallest absolute Gasteiger partial charge is 0.227 e. The van der Waals surface area contributed by atoms with Gasteiger partial charge in [0.2, 0.25) is 5.95 Å². The van der Waals surface area contributed by atoms with Gasteiger partial charge in [-0.2, -0.15) is 4.98 Å². The summed E-state index contributed by atoms with van der Waals surface area (Å²) in [6.07, 6.45) is 1.17. The molecular formula is C14H21N7OS. The van der Waals surface area contributed by atoms with Crippen molar-refractivity contribution in [2.75, 3.05) is 49.2 Å². The van der Waals surface area contributed by atoms with Crippen molar-refractivity contribution < 1.29 is 5.11 Å².